The van der Waals surface area contributed by atoms with Gasteiger partial charge in [0.15, 0.2) is 5.13 Å². The first-order valence-electron chi connectivity index (χ1n) is 5.30. The minimum absolute atomic E-state index is 0.0274. The van der Waals surface area contributed by atoms with Crippen molar-refractivity contribution in [2.75, 3.05) is 5.32 Å². The van der Waals surface area contributed by atoms with E-state index in [0.29, 0.717) is 5.13 Å². The average Bonchev–Trinajstić information content (AvgIpc) is 2.66. The van der Waals surface area contributed by atoms with Crippen molar-refractivity contribution in [2.24, 2.45) is 5.73 Å². The highest BCUT2D eigenvalue weighted by Crippen LogP contribution is 2.26. The highest BCUT2D eigenvalue weighted by atomic mass is 32.1. The Kier molecular flexibility index (Phi) is 4.27. The Morgan fingerprint density at radius 2 is 2.35 bits per heavy atom. The SMILES string of the molecule is C#CCC(N)C(=O)Nc1nc(C(C)(C)C)cs1. The second-order valence-electron chi connectivity index (χ2n) is 4.79. The van der Waals surface area contributed by atoms with E-state index in [1.54, 1.807) is 0 Å². The molecule has 17 heavy (non-hydrogen) atoms. The summed E-state index contributed by atoms with van der Waals surface area (Å²) in [7, 11) is 0. The number of carbonyl (C=O) groups is 1. The largest absolute Gasteiger partial charge is 0.319 e. The van der Waals surface area contributed by atoms with Crippen molar-refractivity contribution in [1.82, 2.24) is 4.98 Å². The predicted molar refractivity (Wildman–Crippen MR) is 70.9 cm³/mol. The molecular formula is C12H17N3OS. The highest BCUT2D eigenvalue weighted by Gasteiger charge is 2.19. The first kappa shape index (κ1) is 13.7. The van der Waals surface area contributed by atoms with Gasteiger partial charge in [-0.05, 0) is 0 Å². The quantitative estimate of drug-likeness (QED) is 0.804. The van der Waals surface area contributed by atoms with Crippen LogP contribution < -0.4 is 11.1 Å². The molecule has 0 saturated heterocycles. The number of rotatable bonds is 3. The van der Waals surface area contributed by atoms with Crippen LogP contribution >= 0.6 is 11.3 Å². The van der Waals surface area contributed by atoms with E-state index in [0.717, 1.165) is 5.69 Å². The summed E-state index contributed by atoms with van der Waals surface area (Å²) in [6.07, 6.45) is 5.32. The molecule has 0 saturated carbocycles. The van der Waals surface area contributed by atoms with Crippen molar-refractivity contribution in [3.05, 3.63) is 11.1 Å². The molecule has 0 radical (unpaired) electrons. The van der Waals surface area contributed by atoms with Gasteiger partial charge in [-0.25, -0.2) is 4.98 Å². The summed E-state index contributed by atoms with van der Waals surface area (Å²) >= 11 is 1.39. The fourth-order valence-electron chi connectivity index (χ4n) is 1.09. The molecule has 1 aromatic heterocycles. The summed E-state index contributed by atoms with van der Waals surface area (Å²) in [6.45, 7) is 6.20. The van der Waals surface area contributed by atoms with Crippen LogP contribution in [0.15, 0.2) is 5.38 Å². The zero-order valence-corrected chi connectivity index (χ0v) is 11.1. The Labute approximate surface area is 106 Å². The van der Waals surface area contributed by atoms with Crippen molar-refractivity contribution in [1.29, 1.82) is 0 Å². The van der Waals surface area contributed by atoms with Gasteiger partial charge < -0.3 is 11.1 Å². The van der Waals surface area contributed by atoms with E-state index >= 15 is 0 Å². The normalized spacial score (nSPS) is 12.9. The predicted octanol–water partition coefficient (Wildman–Crippen LogP) is 1.73. The van der Waals surface area contributed by atoms with Crippen molar-refractivity contribution in [3.8, 4) is 12.3 Å². The number of nitrogens with one attached hydrogen (secondary N) is 1. The standard InChI is InChI=1S/C12H17N3OS/c1-5-6-8(13)10(16)15-11-14-9(7-17-11)12(2,3)4/h1,7-8H,6,13H2,2-4H3,(H,14,15,16). The van der Waals surface area contributed by atoms with Crippen LogP contribution in [-0.2, 0) is 10.2 Å². The van der Waals surface area contributed by atoms with Crippen molar-refractivity contribution >= 4 is 22.4 Å². The Balaban J connectivity index is 2.68. The summed E-state index contributed by atoms with van der Waals surface area (Å²) in [5.74, 6) is 2.07. The van der Waals surface area contributed by atoms with Gasteiger partial charge in [-0.1, -0.05) is 20.8 Å². The van der Waals surface area contributed by atoms with Gasteiger partial charge in [0, 0.05) is 17.2 Å². The van der Waals surface area contributed by atoms with Crippen molar-refractivity contribution in [3.63, 3.8) is 0 Å². The third-order valence-corrected chi connectivity index (χ3v) is 2.93. The molecule has 0 aliphatic heterocycles. The van der Waals surface area contributed by atoms with Gasteiger partial charge >= 0.3 is 0 Å². The van der Waals surface area contributed by atoms with Crippen LogP contribution in [0.1, 0.15) is 32.9 Å². The van der Waals surface area contributed by atoms with Crippen LogP contribution in [0.2, 0.25) is 0 Å². The fraction of sp³-hybridized carbons (Fsp3) is 0.500. The molecule has 0 spiro atoms. The summed E-state index contributed by atoms with van der Waals surface area (Å²) < 4.78 is 0. The van der Waals surface area contributed by atoms with E-state index in [-0.39, 0.29) is 17.7 Å². The molecule has 0 aliphatic carbocycles. The van der Waals surface area contributed by atoms with E-state index in [2.05, 4.69) is 37.0 Å². The molecule has 0 aromatic carbocycles. The molecule has 0 fully saturated rings. The number of anilines is 1. The highest BCUT2D eigenvalue weighted by molar-refractivity contribution is 7.13. The van der Waals surface area contributed by atoms with Crippen LogP contribution in [-0.4, -0.2) is 16.9 Å². The molecule has 0 bridgehead atoms. The lowest BCUT2D eigenvalue weighted by Crippen LogP contribution is -2.35. The lowest BCUT2D eigenvalue weighted by Gasteiger charge is -2.14. The molecule has 1 unspecified atom stereocenters. The van der Waals surface area contributed by atoms with Gasteiger partial charge in [-0.3, -0.25) is 4.79 Å². The molecule has 3 N–H and O–H groups in total. The first-order valence-corrected chi connectivity index (χ1v) is 6.18. The maximum absolute atomic E-state index is 11.6. The Morgan fingerprint density at radius 3 is 2.82 bits per heavy atom. The number of carbonyl (C=O) groups excluding carboxylic acids is 1. The zero-order valence-electron chi connectivity index (χ0n) is 10.3. The third kappa shape index (κ3) is 3.84. The Hall–Kier alpha value is -1.38. The number of aromatic nitrogens is 1. The molecule has 1 aromatic rings. The number of amides is 1. The van der Waals surface area contributed by atoms with Gasteiger partial charge in [0.1, 0.15) is 0 Å². The van der Waals surface area contributed by atoms with Gasteiger partial charge in [-0.15, -0.1) is 23.7 Å². The zero-order chi connectivity index (χ0) is 13.1. The Morgan fingerprint density at radius 1 is 1.71 bits per heavy atom. The maximum atomic E-state index is 11.6. The smallest absolute Gasteiger partial charge is 0.244 e. The van der Waals surface area contributed by atoms with Crippen LogP contribution in [0.4, 0.5) is 5.13 Å². The van der Waals surface area contributed by atoms with Crippen molar-refractivity contribution < 1.29 is 4.79 Å². The molecular weight excluding hydrogens is 234 g/mol. The molecule has 1 amide bonds. The summed E-state index contributed by atoms with van der Waals surface area (Å²) in [6, 6.07) is -0.679. The monoisotopic (exact) mass is 251 g/mol. The molecule has 5 heteroatoms. The summed E-state index contributed by atoms with van der Waals surface area (Å²) in [4.78, 5) is 15.9. The van der Waals surface area contributed by atoms with Crippen LogP contribution in [0.5, 0.6) is 0 Å². The van der Waals surface area contributed by atoms with E-state index in [9.17, 15) is 4.79 Å². The van der Waals surface area contributed by atoms with Crippen molar-refractivity contribution in [2.45, 2.75) is 38.6 Å². The number of hydrogen-bond donors (Lipinski definition) is 2. The number of thiazole rings is 1. The fourth-order valence-corrected chi connectivity index (χ4v) is 2.03. The van der Waals surface area contributed by atoms with Crippen LogP contribution in [0.3, 0.4) is 0 Å². The lowest BCUT2D eigenvalue weighted by atomic mass is 9.93. The average molecular weight is 251 g/mol. The van der Waals surface area contributed by atoms with Gasteiger partial charge in [0.25, 0.3) is 0 Å². The van der Waals surface area contributed by atoms with E-state index in [1.807, 2.05) is 5.38 Å². The minimum atomic E-state index is -0.679. The van der Waals surface area contributed by atoms with Gasteiger partial charge in [-0.2, -0.15) is 0 Å². The summed E-state index contributed by atoms with van der Waals surface area (Å²) in [5, 5.41) is 5.16. The van der Waals surface area contributed by atoms with Crippen LogP contribution in [0.25, 0.3) is 0 Å². The minimum Gasteiger partial charge on any atom is -0.319 e. The molecule has 4 nitrogen and oxygen atoms in total. The maximum Gasteiger partial charge on any atom is 0.244 e. The number of nitrogens with zero attached hydrogens (tertiary/aromatic N) is 1. The molecule has 0 aliphatic rings. The summed E-state index contributed by atoms with van der Waals surface area (Å²) in [5.41, 5.74) is 6.51. The van der Waals surface area contributed by atoms with E-state index < -0.39 is 6.04 Å². The Bertz CT molecular complexity index is 439. The lowest BCUT2D eigenvalue weighted by molar-refractivity contribution is -0.117. The number of terminal acetylenes is 1. The third-order valence-electron chi connectivity index (χ3n) is 2.18. The second-order valence-corrected chi connectivity index (χ2v) is 5.65. The molecule has 1 rings (SSSR count). The van der Waals surface area contributed by atoms with E-state index in [1.165, 1.54) is 11.3 Å². The first-order chi connectivity index (χ1) is 7.84. The van der Waals surface area contributed by atoms with Gasteiger partial charge in [0.05, 0.1) is 11.7 Å². The van der Waals surface area contributed by atoms with Gasteiger partial charge in [0.2, 0.25) is 5.91 Å². The van der Waals surface area contributed by atoms with Crippen LogP contribution in [0, 0.1) is 12.3 Å². The molecule has 1 atom stereocenters. The van der Waals surface area contributed by atoms with E-state index in [4.69, 9.17) is 12.2 Å². The molecule has 1 heterocycles. The topological polar surface area (TPSA) is 68.0 Å². The second kappa shape index (κ2) is 5.30. The molecule has 92 valence electrons. The number of hydrogen-bond acceptors (Lipinski definition) is 4. The number of nitrogens with two attached hydrogens (primary N) is 1.